The molecule has 0 amide bonds. The van der Waals surface area contributed by atoms with Gasteiger partial charge in [0.2, 0.25) is 5.88 Å². The van der Waals surface area contributed by atoms with Gasteiger partial charge in [0.1, 0.15) is 28.7 Å². The summed E-state index contributed by atoms with van der Waals surface area (Å²) < 4.78 is 77.1. The number of rotatable bonds is 8. The van der Waals surface area contributed by atoms with Gasteiger partial charge in [-0.1, -0.05) is 6.07 Å². The minimum atomic E-state index is -4.01. The van der Waals surface area contributed by atoms with Crippen molar-refractivity contribution >= 4 is 27.6 Å². The minimum absolute atomic E-state index is 0.0155. The van der Waals surface area contributed by atoms with Gasteiger partial charge in [0, 0.05) is 12.7 Å². The van der Waals surface area contributed by atoms with Gasteiger partial charge in [-0.25, -0.2) is 31.6 Å². The largest absolute Gasteiger partial charge is 0.474 e. The number of halogens is 3. The van der Waals surface area contributed by atoms with Gasteiger partial charge in [0.25, 0.3) is 0 Å². The number of amidine groups is 1. The SMILES string of the molecule is COCCOc1cnc(/C(F)=C/c2ccc(F)c([C@H]3N=C(N)C4(/C=C/F)CC5CC53S4(=O)=O)c2)cn1. The highest BCUT2D eigenvalue weighted by atomic mass is 32.2. The van der Waals surface area contributed by atoms with Crippen molar-refractivity contribution in [2.75, 3.05) is 20.3 Å². The summed E-state index contributed by atoms with van der Waals surface area (Å²) in [5, 5.41) is 0. The maximum Gasteiger partial charge on any atom is 0.232 e. The molecule has 1 aliphatic carbocycles. The lowest BCUT2D eigenvalue weighted by Gasteiger charge is -2.36. The quantitative estimate of drug-likeness (QED) is 0.531. The smallest absolute Gasteiger partial charge is 0.232 e. The Morgan fingerprint density at radius 2 is 2.06 bits per heavy atom. The second-order valence-corrected chi connectivity index (χ2v) is 11.5. The third-order valence-corrected chi connectivity index (χ3v) is 10.3. The zero-order valence-electron chi connectivity index (χ0n) is 19.2. The van der Waals surface area contributed by atoms with Gasteiger partial charge < -0.3 is 15.2 Å². The van der Waals surface area contributed by atoms with E-state index < -0.39 is 37.0 Å². The second kappa shape index (κ2) is 8.70. The first-order valence-corrected chi connectivity index (χ1v) is 12.6. The molecule has 3 aliphatic rings. The van der Waals surface area contributed by atoms with Crippen molar-refractivity contribution in [2.45, 2.75) is 28.4 Å². The first-order chi connectivity index (χ1) is 17.2. The zero-order chi connectivity index (χ0) is 25.7. The van der Waals surface area contributed by atoms with Gasteiger partial charge in [-0.15, -0.1) is 0 Å². The monoisotopic (exact) mass is 520 g/mol. The molecule has 3 heterocycles. The van der Waals surface area contributed by atoms with Crippen LogP contribution in [0.5, 0.6) is 5.88 Å². The van der Waals surface area contributed by atoms with Gasteiger partial charge in [-0.05, 0) is 48.6 Å². The summed E-state index contributed by atoms with van der Waals surface area (Å²) in [4.78, 5) is 12.3. The van der Waals surface area contributed by atoms with Crippen LogP contribution in [0.1, 0.15) is 35.7 Å². The van der Waals surface area contributed by atoms with Crippen LogP contribution in [0.2, 0.25) is 0 Å². The van der Waals surface area contributed by atoms with E-state index in [2.05, 4.69) is 15.0 Å². The fourth-order valence-electron chi connectivity index (χ4n) is 5.30. The van der Waals surface area contributed by atoms with E-state index in [9.17, 15) is 21.6 Å². The molecule has 4 atom stereocenters. The molecule has 2 bridgehead atoms. The van der Waals surface area contributed by atoms with E-state index in [0.717, 1.165) is 18.2 Å². The highest BCUT2D eigenvalue weighted by Crippen LogP contribution is 2.72. The Morgan fingerprint density at radius 1 is 1.25 bits per heavy atom. The minimum Gasteiger partial charge on any atom is -0.474 e. The number of hydrogen-bond acceptors (Lipinski definition) is 8. The Hall–Kier alpha value is -3.25. The summed E-state index contributed by atoms with van der Waals surface area (Å²) in [5.41, 5.74) is 6.23. The first kappa shape index (κ1) is 24.4. The van der Waals surface area contributed by atoms with E-state index in [4.69, 9.17) is 15.2 Å². The lowest BCUT2D eigenvalue weighted by Crippen LogP contribution is -2.54. The standard InChI is InChI=1S/C24H23F3N4O4S/c1-34-6-7-35-20-13-29-19(12-30-20)18(27)9-14-2-3-17(26)16(8-14)21-24-11-15(24)10-23(4-5-25,22(28)31-21)36(24,32)33/h2-5,8-9,12-13,15,21H,6-7,10-11H2,1H3,(H2,28,31)/b5-4+,18-9-/t15?,21-,23?,24?/m1/s1. The van der Waals surface area contributed by atoms with Gasteiger partial charge in [0.15, 0.2) is 20.4 Å². The van der Waals surface area contributed by atoms with Crippen LogP contribution >= 0.6 is 0 Å². The van der Waals surface area contributed by atoms with Gasteiger partial charge in [-0.3, -0.25) is 4.99 Å². The molecule has 2 aromatic rings. The van der Waals surface area contributed by atoms with Crippen LogP contribution in [-0.4, -0.2) is 54.0 Å². The van der Waals surface area contributed by atoms with Crippen LogP contribution in [0.25, 0.3) is 11.9 Å². The van der Waals surface area contributed by atoms with Crippen molar-refractivity contribution in [2.24, 2.45) is 16.6 Å². The maximum absolute atomic E-state index is 15.0. The number of aliphatic imine (C=N–C) groups is 1. The van der Waals surface area contributed by atoms with Crippen LogP contribution in [0.4, 0.5) is 13.2 Å². The predicted molar refractivity (Wildman–Crippen MR) is 126 cm³/mol. The van der Waals surface area contributed by atoms with Crippen molar-refractivity contribution < 1.29 is 31.1 Å². The number of benzene rings is 1. The Balaban J connectivity index is 1.47. The third-order valence-electron chi connectivity index (χ3n) is 7.14. The van der Waals surface area contributed by atoms with E-state index in [1.165, 1.54) is 31.6 Å². The van der Waals surface area contributed by atoms with Gasteiger partial charge in [-0.2, -0.15) is 0 Å². The molecule has 1 aromatic carbocycles. The number of hydrogen-bond donors (Lipinski definition) is 1. The molecule has 2 N–H and O–H groups in total. The van der Waals surface area contributed by atoms with E-state index in [0.29, 0.717) is 6.61 Å². The number of nitrogens with two attached hydrogens (primary N) is 1. The van der Waals surface area contributed by atoms with Crippen molar-refractivity contribution in [3.63, 3.8) is 0 Å². The number of aromatic nitrogens is 2. The molecule has 1 saturated carbocycles. The summed E-state index contributed by atoms with van der Waals surface area (Å²) in [6, 6.07) is 2.71. The number of ether oxygens (including phenoxy) is 2. The molecule has 12 heteroatoms. The van der Waals surface area contributed by atoms with Crippen LogP contribution in [0.3, 0.4) is 0 Å². The molecule has 2 aliphatic heterocycles. The van der Waals surface area contributed by atoms with Crippen molar-refractivity contribution in [3.05, 3.63) is 65.6 Å². The van der Waals surface area contributed by atoms with Crippen molar-refractivity contribution in [1.82, 2.24) is 9.97 Å². The Kier molecular flexibility index (Phi) is 5.91. The Labute approximate surface area is 205 Å². The molecule has 0 radical (unpaired) electrons. The second-order valence-electron chi connectivity index (χ2n) is 9.02. The van der Waals surface area contributed by atoms with Gasteiger partial charge in [0.05, 0.1) is 31.4 Å². The number of sulfone groups is 1. The highest BCUT2D eigenvalue weighted by molar-refractivity contribution is 7.96. The summed E-state index contributed by atoms with van der Waals surface area (Å²) >= 11 is 0. The lowest BCUT2D eigenvalue weighted by atomic mass is 9.97. The average Bonchev–Trinajstić information content (AvgIpc) is 3.55. The predicted octanol–water partition coefficient (Wildman–Crippen LogP) is 3.32. The van der Waals surface area contributed by atoms with Crippen molar-refractivity contribution in [3.8, 4) is 5.88 Å². The molecule has 36 heavy (non-hydrogen) atoms. The normalized spacial score (nSPS) is 30.2. The fraction of sp³-hybridized carbons (Fsp3) is 0.375. The van der Waals surface area contributed by atoms with Crippen LogP contribution in [0.15, 0.2) is 48.0 Å². The summed E-state index contributed by atoms with van der Waals surface area (Å²) in [5.74, 6) is -1.83. The van der Waals surface area contributed by atoms with E-state index in [1.807, 2.05) is 0 Å². The molecule has 8 nitrogen and oxygen atoms in total. The van der Waals surface area contributed by atoms with Gasteiger partial charge >= 0.3 is 0 Å². The number of methoxy groups -OCH3 is 1. The summed E-state index contributed by atoms with van der Waals surface area (Å²) in [6.07, 6.45) is 5.06. The Bertz CT molecular complexity index is 1400. The van der Waals surface area contributed by atoms with Crippen LogP contribution < -0.4 is 10.5 Å². The molecule has 2 fully saturated rings. The molecule has 190 valence electrons. The average molecular weight is 521 g/mol. The zero-order valence-corrected chi connectivity index (χ0v) is 20.0. The summed E-state index contributed by atoms with van der Waals surface area (Å²) in [7, 11) is -2.48. The first-order valence-electron chi connectivity index (χ1n) is 11.2. The molecular formula is C24H23F3N4O4S. The van der Waals surface area contributed by atoms with Crippen molar-refractivity contribution in [1.29, 1.82) is 0 Å². The number of nitrogens with zero attached hydrogens (tertiary/aromatic N) is 3. The van der Waals surface area contributed by atoms with E-state index in [-0.39, 0.29) is 60.2 Å². The van der Waals surface area contributed by atoms with E-state index >= 15 is 0 Å². The number of fused-ring (bicyclic) bond motifs is 1. The van der Waals surface area contributed by atoms with Crippen LogP contribution in [0, 0.1) is 11.7 Å². The molecule has 1 saturated heterocycles. The fourth-order valence-corrected chi connectivity index (χ4v) is 8.37. The highest BCUT2D eigenvalue weighted by Gasteiger charge is 2.82. The van der Waals surface area contributed by atoms with Crippen LogP contribution in [-0.2, 0) is 14.6 Å². The Morgan fingerprint density at radius 3 is 2.75 bits per heavy atom. The summed E-state index contributed by atoms with van der Waals surface area (Å²) in [6.45, 7) is 0.622. The lowest BCUT2D eigenvalue weighted by molar-refractivity contribution is 0.143. The third kappa shape index (κ3) is 3.46. The molecule has 1 aromatic heterocycles. The maximum atomic E-state index is 15.0. The molecule has 5 rings (SSSR count). The van der Waals surface area contributed by atoms with E-state index in [1.54, 1.807) is 0 Å². The molecule has 3 unspecified atom stereocenters. The molecular weight excluding hydrogens is 497 g/mol. The molecule has 1 spiro atoms. The topological polar surface area (TPSA) is 117 Å².